The standard InChI is InChI=1S/C19H12ClF4N3O5/c1-9(14-4-3-5-31-14)25-32-17(29)10-6-13(12(21)7-11(10)20)27-16(28)8-15(19(22,23)24)26(2)18(27)30/h3-8H,1-2H3. The fraction of sp³-hybridized carbons (Fsp3) is 0.158. The van der Waals surface area contributed by atoms with Crippen LogP contribution in [0, 0.1) is 5.82 Å². The number of hydrogen-bond donors (Lipinski definition) is 0. The molecule has 32 heavy (non-hydrogen) atoms. The molecule has 13 heteroatoms. The van der Waals surface area contributed by atoms with Gasteiger partial charge in [-0.05, 0) is 31.2 Å². The zero-order valence-electron chi connectivity index (χ0n) is 16.2. The monoisotopic (exact) mass is 473 g/mol. The number of rotatable bonds is 4. The van der Waals surface area contributed by atoms with Gasteiger partial charge < -0.3 is 9.25 Å². The van der Waals surface area contributed by atoms with Crippen molar-refractivity contribution in [2.45, 2.75) is 13.1 Å². The third-order valence-corrected chi connectivity index (χ3v) is 4.56. The lowest BCUT2D eigenvalue weighted by atomic mass is 10.2. The third kappa shape index (κ3) is 4.35. The van der Waals surface area contributed by atoms with Crippen LogP contribution >= 0.6 is 11.6 Å². The molecule has 3 rings (SSSR count). The van der Waals surface area contributed by atoms with Crippen LogP contribution in [0.4, 0.5) is 17.6 Å². The van der Waals surface area contributed by atoms with Gasteiger partial charge in [-0.15, -0.1) is 0 Å². The second kappa shape index (κ2) is 8.46. The molecule has 0 aliphatic carbocycles. The van der Waals surface area contributed by atoms with Gasteiger partial charge in [-0.25, -0.2) is 18.5 Å². The Kier molecular flexibility index (Phi) is 6.08. The number of furan rings is 1. The summed E-state index contributed by atoms with van der Waals surface area (Å²) < 4.78 is 58.9. The molecule has 0 radical (unpaired) electrons. The van der Waals surface area contributed by atoms with E-state index in [0.29, 0.717) is 17.9 Å². The number of oxime groups is 1. The molecule has 0 fully saturated rings. The lowest BCUT2D eigenvalue weighted by Gasteiger charge is -2.15. The molecule has 8 nitrogen and oxygen atoms in total. The average Bonchev–Trinajstić information content (AvgIpc) is 3.24. The molecule has 0 spiro atoms. The Morgan fingerprint density at radius 3 is 2.50 bits per heavy atom. The summed E-state index contributed by atoms with van der Waals surface area (Å²) in [5, 5.41) is 3.11. The summed E-state index contributed by atoms with van der Waals surface area (Å²) in [5.41, 5.74) is -5.60. The lowest BCUT2D eigenvalue weighted by molar-refractivity contribution is -0.144. The highest BCUT2D eigenvalue weighted by molar-refractivity contribution is 6.33. The predicted octanol–water partition coefficient (Wildman–Crippen LogP) is 3.52. The Hall–Kier alpha value is -3.67. The summed E-state index contributed by atoms with van der Waals surface area (Å²) in [6.07, 6.45) is -3.63. The molecule has 0 aliphatic heterocycles. The van der Waals surface area contributed by atoms with Gasteiger partial charge in [0.15, 0.2) is 5.76 Å². The van der Waals surface area contributed by atoms with E-state index in [1.165, 1.54) is 13.2 Å². The fourth-order valence-electron chi connectivity index (χ4n) is 2.67. The van der Waals surface area contributed by atoms with Crippen LogP contribution in [0.5, 0.6) is 0 Å². The van der Waals surface area contributed by atoms with Crippen molar-refractivity contribution in [3.05, 3.63) is 85.3 Å². The summed E-state index contributed by atoms with van der Waals surface area (Å²) in [6.45, 7) is 1.47. The van der Waals surface area contributed by atoms with Crippen LogP contribution in [-0.2, 0) is 18.1 Å². The van der Waals surface area contributed by atoms with E-state index in [1.54, 1.807) is 12.1 Å². The highest BCUT2D eigenvalue weighted by Gasteiger charge is 2.35. The van der Waals surface area contributed by atoms with Gasteiger partial charge in [-0.3, -0.25) is 9.36 Å². The summed E-state index contributed by atoms with van der Waals surface area (Å²) in [5.74, 6) is -2.12. The molecule has 0 N–H and O–H groups in total. The SMILES string of the molecule is CC(=NOC(=O)c1cc(-n2c(=O)cc(C(F)(F)F)n(C)c2=O)c(F)cc1Cl)c1ccco1. The zero-order valence-corrected chi connectivity index (χ0v) is 17.0. The van der Waals surface area contributed by atoms with E-state index in [9.17, 15) is 31.9 Å². The molecule has 0 atom stereocenters. The Balaban J connectivity index is 2.08. The number of benzene rings is 1. The van der Waals surface area contributed by atoms with Gasteiger partial charge >= 0.3 is 17.8 Å². The molecular weight excluding hydrogens is 462 g/mol. The Morgan fingerprint density at radius 2 is 1.91 bits per heavy atom. The van der Waals surface area contributed by atoms with Gasteiger partial charge in [0.05, 0.1) is 22.5 Å². The fourth-order valence-corrected chi connectivity index (χ4v) is 2.90. The van der Waals surface area contributed by atoms with Crippen molar-refractivity contribution in [1.82, 2.24) is 9.13 Å². The number of hydrogen-bond acceptors (Lipinski definition) is 6. The molecule has 3 aromatic rings. The summed E-state index contributed by atoms with van der Waals surface area (Å²) in [4.78, 5) is 41.7. The highest BCUT2D eigenvalue weighted by atomic mass is 35.5. The minimum Gasteiger partial charge on any atom is -0.463 e. The van der Waals surface area contributed by atoms with Gasteiger partial charge in [0.25, 0.3) is 5.56 Å². The van der Waals surface area contributed by atoms with Crippen molar-refractivity contribution in [2.24, 2.45) is 12.2 Å². The minimum absolute atomic E-state index is 0.129. The quantitative estimate of drug-likeness (QED) is 0.250. The molecule has 0 amide bonds. The van der Waals surface area contributed by atoms with E-state index in [2.05, 4.69) is 5.16 Å². The van der Waals surface area contributed by atoms with Gasteiger partial charge in [0, 0.05) is 13.1 Å². The Morgan fingerprint density at radius 1 is 1.22 bits per heavy atom. The smallest absolute Gasteiger partial charge is 0.431 e. The van der Waals surface area contributed by atoms with E-state index < -0.39 is 51.2 Å². The van der Waals surface area contributed by atoms with Crippen LogP contribution in [0.15, 0.2) is 55.8 Å². The first kappa shape index (κ1) is 23.0. The molecule has 0 bridgehead atoms. The number of nitrogens with zero attached hydrogens (tertiary/aromatic N) is 3. The zero-order chi connectivity index (χ0) is 23.8. The van der Waals surface area contributed by atoms with Gasteiger partial charge in [0.2, 0.25) is 0 Å². The molecule has 0 aliphatic rings. The van der Waals surface area contributed by atoms with Crippen LogP contribution < -0.4 is 11.2 Å². The first-order chi connectivity index (χ1) is 14.9. The van der Waals surface area contributed by atoms with E-state index >= 15 is 0 Å². The Labute approximate surface area is 180 Å². The molecule has 2 heterocycles. The normalized spacial score (nSPS) is 12.2. The molecule has 0 saturated heterocycles. The maximum absolute atomic E-state index is 14.5. The van der Waals surface area contributed by atoms with Gasteiger partial charge in [0.1, 0.15) is 17.2 Å². The van der Waals surface area contributed by atoms with Crippen LogP contribution in [0.3, 0.4) is 0 Å². The molecule has 0 unspecified atom stereocenters. The summed E-state index contributed by atoms with van der Waals surface area (Å²) in [6, 6.07) is 4.56. The lowest BCUT2D eigenvalue weighted by Crippen LogP contribution is -2.41. The first-order valence-corrected chi connectivity index (χ1v) is 8.99. The molecule has 0 saturated carbocycles. The maximum atomic E-state index is 14.5. The van der Waals surface area contributed by atoms with Crippen molar-refractivity contribution in [2.75, 3.05) is 0 Å². The number of carbonyl (C=O) groups excluding carboxylic acids is 1. The van der Waals surface area contributed by atoms with E-state index in [-0.39, 0.29) is 20.9 Å². The van der Waals surface area contributed by atoms with Gasteiger partial charge in [-0.1, -0.05) is 16.8 Å². The second-order valence-electron chi connectivity index (χ2n) is 6.36. The average molecular weight is 474 g/mol. The number of aromatic nitrogens is 2. The summed E-state index contributed by atoms with van der Waals surface area (Å²) in [7, 11) is 0.760. The van der Waals surface area contributed by atoms with E-state index in [4.69, 9.17) is 20.9 Å². The largest absolute Gasteiger partial charge is 0.463 e. The molecule has 2 aromatic heterocycles. The number of alkyl halides is 3. The molecule has 168 valence electrons. The second-order valence-corrected chi connectivity index (χ2v) is 6.77. The molecule has 1 aromatic carbocycles. The highest BCUT2D eigenvalue weighted by Crippen LogP contribution is 2.27. The maximum Gasteiger partial charge on any atom is 0.431 e. The van der Waals surface area contributed by atoms with Crippen molar-refractivity contribution in [3.8, 4) is 5.69 Å². The van der Waals surface area contributed by atoms with Crippen LogP contribution in [0.2, 0.25) is 5.02 Å². The van der Waals surface area contributed by atoms with Crippen LogP contribution in [-0.4, -0.2) is 20.8 Å². The first-order valence-electron chi connectivity index (χ1n) is 8.61. The summed E-state index contributed by atoms with van der Waals surface area (Å²) >= 11 is 5.87. The third-order valence-electron chi connectivity index (χ3n) is 4.25. The van der Waals surface area contributed by atoms with E-state index in [0.717, 1.165) is 7.05 Å². The number of halogens is 5. The predicted molar refractivity (Wildman–Crippen MR) is 104 cm³/mol. The van der Waals surface area contributed by atoms with Gasteiger partial charge in [-0.2, -0.15) is 13.2 Å². The van der Waals surface area contributed by atoms with E-state index in [1.807, 2.05) is 0 Å². The topological polar surface area (TPSA) is 95.8 Å². The minimum atomic E-state index is -5.00. The Bertz CT molecular complexity index is 1340. The van der Waals surface area contributed by atoms with Crippen molar-refractivity contribution in [1.29, 1.82) is 0 Å². The van der Waals surface area contributed by atoms with Crippen LogP contribution in [0.25, 0.3) is 5.69 Å². The number of carbonyl (C=O) groups is 1. The van der Waals surface area contributed by atoms with Crippen molar-refractivity contribution < 1.29 is 31.6 Å². The van der Waals surface area contributed by atoms with Crippen molar-refractivity contribution >= 4 is 23.3 Å². The molecular formula is C19H12ClF4N3O5. The van der Waals surface area contributed by atoms with Crippen molar-refractivity contribution in [3.63, 3.8) is 0 Å². The van der Waals surface area contributed by atoms with Crippen LogP contribution in [0.1, 0.15) is 28.7 Å².